The topological polar surface area (TPSA) is 90.4 Å². The molecule has 0 fully saturated rings. The summed E-state index contributed by atoms with van der Waals surface area (Å²) < 4.78 is 6.25. The molecule has 8 heteroatoms. The summed E-state index contributed by atoms with van der Waals surface area (Å²) >= 11 is 3.23. The normalized spacial score (nSPS) is 10.8. The standard InChI is InChI=1S/C15H19BrN4O3/c1-3-20(4-2)9-11-5-6-13(23-11)15(22)19-18-14(21)12-7-10(16)8-17-12/h5-8,17H,3-4,9H2,1-2H3,(H,18,21)(H,19,22). The van der Waals surface area contributed by atoms with Crippen molar-refractivity contribution in [3.8, 4) is 0 Å². The second-order valence-corrected chi connectivity index (χ2v) is 5.78. The number of nitrogens with one attached hydrogen (secondary N) is 3. The van der Waals surface area contributed by atoms with Gasteiger partial charge in [0.15, 0.2) is 5.76 Å². The Labute approximate surface area is 142 Å². The summed E-state index contributed by atoms with van der Waals surface area (Å²) in [5.74, 6) is -0.0904. The van der Waals surface area contributed by atoms with Crippen LogP contribution in [0.15, 0.2) is 33.3 Å². The molecule has 124 valence electrons. The summed E-state index contributed by atoms with van der Waals surface area (Å²) in [5, 5.41) is 0. The van der Waals surface area contributed by atoms with Gasteiger partial charge in [-0.2, -0.15) is 0 Å². The number of rotatable bonds is 6. The molecule has 2 amide bonds. The number of hydrogen-bond donors (Lipinski definition) is 3. The van der Waals surface area contributed by atoms with Gasteiger partial charge in [-0.25, -0.2) is 0 Å². The summed E-state index contributed by atoms with van der Waals surface area (Å²) in [7, 11) is 0. The third-order valence-corrected chi connectivity index (χ3v) is 3.80. The zero-order valence-electron chi connectivity index (χ0n) is 13.0. The van der Waals surface area contributed by atoms with E-state index >= 15 is 0 Å². The van der Waals surface area contributed by atoms with Gasteiger partial charge >= 0.3 is 5.91 Å². The Balaban J connectivity index is 1.88. The van der Waals surface area contributed by atoms with Crippen molar-refractivity contribution in [3.63, 3.8) is 0 Å². The van der Waals surface area contributed by atoms with E-state index in [1.54, 1.807) is 24.4 Å². The van der Waals surface area contributed by atoms with E-state index in [2.05, 4.69) is 50.5 Å². The van der Waals surface area contributed by atoms with Gasteiger partial charge < -0.3 is 9.40 Å². The molecule has 2 rings (SSSR count). The lowest BCUT2D eigenvalue weighted by atomic mass is 10.4. The van der Waals surface area contributed by atoms with E-state index in [0.717, 1.165) is 17.6 Å². The van der Waals surface area contributed by atoms with E-state index in [1.807, 2.05) is 0 Å². The van der Waals surface area contributed by atoms with Crippen molar-refractivity contribution in [2.24, 2.45) is 0 Å². The zero-order chi connectivity index (χ0) is 16.8. The first kappa shape index (κ1) is 17.3. The monoisotopic (exact) mass is 382 g/mol. The van der Waals surface area contributed by atoms with Crippen molar-refractivity contribution >= 4 is 27.7 Å². The van der Waals surface area contributed by atoms with Gasteiger partial charge in [0.1, 0.15) is 11.5 Å². The van der Waals surface area contributed by atoms with Crippen LogP contribution in [0.25, 0.3) is 0 Å². The quantitative estimate of drug-likeness (QED) is 0.668. The van der Waals surface area contributed by atoms with Crippen molar-refractivity contribution in [2.75, 3.05) is 13.1 Å². The van der Waals surface area contributed by atoms with E-state index in [0.29, 0.717) is 18.0 Å². The van der Waals surface area contributed by atoms with Gasteiger partial charge in [-0.15, -0.1) is 0 Å². The molecule has 23 heavy (non-hydrogen) atoms. The highest BCUT2D eigenvalue weighted by Crippen LogP contribution is 2.11. The van der Waals surface area contributed by atoms with E-state index in [9.17, 15) is 9.59 Å². The van der Waals surface area contributed by atoms with Gasteiger partial charge in [-0.05, 0) is 47.2 Å². The van der Waals surface area contributed by atoms with E-state index in [4.69, 9.17) is 4.42 Å². The van der Waals surface area contributed by atoms with Crippen molar-refractivity contribution in [1.82, 2.24) is 20.7 Å². The van der Waals surface area contributed by atoms with Crippen LogP contribution >= 0.6 is 15.9 Å². The number of carbonyl (C=O) groups is 2. The second kappa shape index (κ2) is 7.98. The smallest absolute Gasteiger partial charge is 0.305 e. The van der Waals surface area contributed by atoms with Gasteiger partial charge in [-0.3, -0.25) is 25.3 Å². The Morgan fingerprint density at radius 2 is 1.91 bits per heavy atom. The number of amides is 2. The predicted octanol–water partition coefficient (Wildman–Crippen LogP) is 2.29. The number of halogens is 1. The Kier molecular flexibility index (Phi) is 6.00. The Morgan fingerprint density at radius 3 is 2.52 bits per heavy atom. The van der Waals surface area contributed by atoms with Crippen LogP contribution in [-0.2, 0) is 6.54 Å². The Hall–Kier alpha value is -2.06. The molecule has 2 aromatic heterocycles. The molecule has 0 saturated heterocycles. The maximum Gasteiger partial charge on any atom is 0.305 e. The number of furan rings is 1. The van der Waals surface area contributed by atoms with Crippen molar-refractivity contribution in [2.45, 2.75) is 20.4 Å². The minimum atomic E-state index is -0.505. The molecule has 0 aromatic carbocycles. The van der Waals surface area contributed by atoms with Crippen molar-refractivity contribution in [3.05, 3.63) is 46.1 Å². The van der Waals surface area contributed by atoms with Crippen LogP contribution in [0.5, 0.6) is 0 Å². The van der Waals surface area contributed by atoms with Crippen molar-refractivity contribution < 1.29 is 14.0 Å². The minimum Gasteiger partial charge on any atom is -0.454 e. The number of H-pyrrole nitrogens is 1. The number of hydrogen-bond acceptors (Lipinski definition) is 4. The third-order valence-electron chi connectivity index (χ3n) is 3.34. The molecule has 0 aliphatic carbocycles. The molecule has 0 aliphatic heterocycles. The van der Waals surface area contributed by atoms with E-state index in [1.165, 1.54) is 0 Å². The number of aromatic nitrogens is 1. The fraction of sp³-hybridized carbons (Fsp3) is 0.333. The first-order chi connectivity index (χ1) is 11.0. The minimum absolute atomic E-state index is 0.153. The van der Waals surface area contributed by atoms with Crippen LogP contribution in [0.4, 0.5) is 0 Å². The number of hydrazine groups is 1. The lowest BCUT2D eigenvalue weighted by Gasteiger charge is -2.15. The Bertz CT molecular complexity index is 676. The molecule has 3 N–H and O–H groups in total. The Morgan fingerprint density at radius 1 is 1.22 bits per heavy atom. The number of carbonyl (C=O) groups excluding carboxylic acids is 2. The van der Waals surface area contributed by atoms with Crippen molar-refractivity contribution in [1.29, 1.82) is 0 Å². The van der Waals surface area contributed by atoms with E-state index in [-0.39, 0.29) is 5.76 Å². The van der Waals surface area contributed by atoms with Crippen LogP contribution in [0.2, 0.25) is 0 Å². The maximum absolute atomic E-state index is 12.0. The molecule has 0 aliphatic rings. The molecule has 0 saturated carbocycles. The fourth-order valence-electron chi connectivity index (χ4n) is 1.99. The molecule has 2 aromatic rings. The first-order valence-corrected chi connectivity index (χ1v) is 8.08. The largest absolute Gasteiger partial charge is 0.454 e. The molecule has 2 heterocycles. The summed E-state index contributed by atoms with van der Waals surface area (Å²) in [6.07, 6.45) is 1.63. The lowest BCUT2D eigenvalue weighted by Crippen LogP contribution is -2.41. The zero-order valence-corrected chi connectivity index (χ0v) is 14.6. The van der Waals surface area contributed by atoms with Crippen LogP contribution in [0, 0.1) is 0 Å². The van der Waals surface area contributed by atoms with Crippen LogP contribution in [0.1, 0.15) is 40.7 Å². The highest BCUT2D eigenvalue weighted by Gasteiger charge is 2.14. The molecule has 0 atom stereocenters. The van der Waals surface area contributed by atoms with Crippen LogP contribution in [0.3, 0.4) is 0 Å². The molecule has 0 unspecified atom stereocenters. The third kappa shape index (κ3) is 4.70. The summed E-state index contributed by atoms with van der Waals surface area (Å²) in [6, 6.07) is 4.96. The fourth-order valence-corrected chi connectivity index (χ4v) is 2.34. The molecular formula is C15H19BrN4O3. The summed E-state index contributed by atoms with van der Waals surface area (Å²) in [6.45, 7) is 6.58. The highest BCUT2D eigenvalue weighted by atomic mass is 79.9. The molecule has 0 bridgehead atoms. The average molecular weight is 383 g/mol. The van der Waals surface area contributed by atoms with Gasteiger partial charge in [0.2, 0.25) is 0 Å². The van der Waals surface area contributed by atoms with Crippen LogP contribution in [-0.4, -0.2) is 34.8 Å². The number of aromatic amines is 1. The molecule has 0 spiro atoms. The first-order valence-electron chi connectivity index (χ1n) is 7.29. The molecular weight excluding hydrogens is 364 g/mol. The predicted molar refractivity (Wildman–Crippen MR) is 88.8 cm³/mol. The number of nitrogens with zero attached hydrogens (tertiary/aromatic N) is 1. The SMILES string of the molecule is CCN(CC)Cc1ccc(C(=O)NNC(=O)c2cc(Br)c[nH]2)o1. The van der Waals surface area contributed by atoms with Gasteiger partial charge in [0.05, 0.1) is 6.54 Å². The highest BCUT2D eigenvalue weighted by molar-refractivity contribution is 9.10. The summed E-state index contributed by atoms with van der Waals surface area (Å²) in [5.41, 5.74) is 4.97. The van der Waals surface area contributed by atoms with Crippen LogP contribution < -0.4 is 10.9 Å². The maximum atomic E-state index is 12.0. The molecule has 0 radical (unpaired) electrons. The second-order valence-electron chi connectivity index (χ2n) is 4.87. The van der Waals surface area contributed by atoms with Gasteiger partial charge in [0.25, 0.3) is 5.91 Å². The molecule has 7 nitrogen and oxygen atoms in total. The average Bonchev–Trinajstić information content (AvgIpc) is 3.19. The van der Waals surface area contributed by atoms with Gasteiger partial charge in [0, 0.05) is 10.7 Å². The lowest BCUT2D eigenvalue weighted by molar-refractivity contribution is 0.0826. The summed E-state index contributed by atoms with van der Waals surface area (Å²) in [4.78, 5) is 28.7. The van der Waals surface area contributed by atoms with E-state index < -0.39 is 11.8 Å². The van der Waals surface area contributed by atoms with Gasteiger partial charge in [-0.1, -0.05) is 13.8 Å².